The Bertz CT molecular complexity index is 407. The summed E-state index contributed by atoms with van der Waals surface area (Å²) in [4.78, 5) is 10.3. The lowest BCUT2D eigenvalue weighted by molar-refractivity contribution is -0.384. The first-order chi connectivity index (χ1) is 7.95. The van der Waals surface area contributed by atoms with Crippen LogP contribution in [0.3, 0.4) is 0 Å². The van der Waals surface area contributed by atoms with Crippen LogP contribution in [0.25, 0.3) is 0 Å². The summed E-state index contributed by atoms with van der Waals surface area (Å²) in [6.45, 7) is 6.28. The van der Waals surface area contributed by atoms with Gasteiger partial charge in [0.15, 0.2) is 0 Å². The largest absolute Gasteiger partial charge is 0.381 e. The normalized spacial score (nSPS) is 12.5. The predicted octanol–water partition coefficient (Wildman–Crippen LogP) is 4.09. The summed E-state index contributed by atoms with van der Waals surface area (Å²) >= 11 is 6.02. The van der Waals surface area contributed by atoms with Crippen molar-refractivity contribution in [3.63, 3.8) is 0 Å². The van der Waals surface area contributed by atoms with E-state index in [9.17, 15) is 10.1 Å². The molecule has 0 aliphatic carbocycles. The van der Waals surface area contributed by atoms with Crippen LogP contribution in [0, 0.1) is 16.0 Å². The standard InChI is InChI=1S/C12H17ClN2O2/c1-4-11(8(2)3)14-12-7-9(15(16)17)5-6-10(12)13/h5-8,11,14H,4H2,1-3H3. The van der Waals surface area contributed by atoms with Gasteiger partial charge < -0.3 is 5.32 Å². The van der Waals surface area contributed by atoms with Crippen molar-refractivity contribution >= 4 is 23.0 Å². The van der Waals surface area contributed by atoms with Gasteiger partial charge >= 0.3 is 0 Å². The van der Waals surface area contributed by atoms with Crippen molar-refractivity contribution in [1.82, 2.24) is 0 Å². The molecule has 0 spiro atoms. The van der Waals surface area contributed by atoms with Crippen molar-refractivity contribution in [2.24, 2.45) is 5.92 Å². The molecule has 1 N–H and O–H groups in total. The highest BCUT2D eigenvalue weighted by atomic mass is 35.5. The number of hydrogen-bond acceptors (Lipinski definition) is 3. The van der Waals surface area contributed by atoms with Gasteiger partial charge in [0, 0.05) is 18.2 Å². The summed E-state index contributed by atoms with van der Waals surface area (Å²) < 4.78 is 0. The molecule has 0 heterocycles. The van der Waals surface area contributed by atoms with Crippen LogP contribution in [0.4, 0.5) is 11.4 Å². The maximum absolute atomic E-state index is 10.7. The lowest BCUT2D eigenvalue weighted by Crippen LogP contribution is -2.24. The number of anilines is 1. The van der Waals surface area contributed by atoms with Crippen molar-refractivity contribution in [3.05, 3.63) is 33.3 Å². The SMILES string of the molecule is CCC(Nc1cc([N+](=O)[O-])ccc1Cl)C(C)C. The average molecular weight is 257 g/mol. The number of halogens is 1. The molecule has 0 saturated heterocycles. The van der Waals surface area contributed by atoms with Crippen molar-refractivity contribution in [2.75, 3.05) is 5.32 Å². The number of benzene rings is 1. The molecule has 0 bridgehead atoms. The molecular formula is C12H17ClN2O2. The Hall–Kier alpha value is -1.29. The molecule has 0 amide bonds. The molecule has 1 aromatic rings. The quantitative estimate of drug-likeness (QED) is 0.638. The van der Waals surface area contributed by atoms with Crippen molar-refractivity contribution in [2.45, 2.75) is 33.2 Å². The van der Waals surface area contributed by atoms with Crippen LogP contribution in [0.5, 0.6) is 0 Å². The molecule has 0 aliphatic rings. The minimum absolute atomic E-state index is 0.0514. The van der Waals surface area contributed by atoms with E-state index in [0.717, 1.165) is 6.42 Å². The Kier molecular flexibility index (Phi) is 4.75. The van der Waals surface area contributed by atoms with E-state index in [4.69, 9.17) is 11.6 Å². The Morgan fingerprint density at radius 2 is 2.12 bits per heavy atom. The van der Waals surface area contributed by atoms with Crippen molar-refractivity contribution in [1.29, 1.82) is 0 Å². The van der Waals surface area contributed by atoms with E-state index in [1.54, 1.807) is 6.07 Å². The fourth-order valence-electron chi connectivity index (χ4n) is 1.68. The van der Waals surface area contributed by atoms with E-state index in [0.29, 0.717) is 16.6 Å². The van der Waals surface area contributed by atoms with Gasteiger partial charge in [0.2, 0.25) is 0 Å². The third-order valence-electron chi connectivity index (χ3n) is 2.75. The summed E-state index contributed by atoms with van der Waals surface area (Å²) in [5.41, 5.74) is 0.678. The number of nitro groups is 1. The van der Waals surface area contributed by atoms with Crippen molar-refractivity contribution < 1.29 is 4.92 Å². The second-order valence-corrected chi connectivity index (χ2v) is 4.73. The second-order valence-electron chi connectivity index (χ2n) is 4.32. The number of hydrogen-bond donors (Lipinski definition) is 1. The van der Waals surface area contributed by atoms with Crippen LogP contribution in [-0.2, 0) is 0 Å². The molecule has 0 aromatic heterocycles. The minimum atomic E-state index is -0.419. The number of nitrogens with zero attached hydrogens (tertiary/aromatic N) is 1. The van der Waals surface area contributed by atoms with Crippen LogP contribution >= 0.6 is 11.6 Å². The number of non-ortho nitro benzene ring substituents is 1. The average Bonchev–Trinajstić information content (AvgIpc) is 2.27. The van der Waals surface area contributed by atoms with E-state index in [1.807, 2.05) is 0 Å². The maximum atomic E-state index is 10.7. The molecule has 5 heteroatoms. The van der Waals surface area contributed by atoms with Crippen LogP contribution in [0.1, 0.15) is 27.2 Å². The van der Waals surface area contributed by atoms with Gasteiger partial charge in [-0.05, 0) is 18.4 Å². The topological polar surface area (TPSA) is 55.2 Å². The monoisotopic (exact) mass is 256 g/mol. The first kappa shape index (κ1) is 13.8. The zero-order valence-electron chi connectivity index (χ0n) is 10.2. The summed E-state index contributed by atoms with van der Waals surface area (Å²) in [7, 11) is 0. The van der Waals surface area contributed by atoms with Gasteiger partial charge in [0.25, 0.3) is 5.69 Å². The minimum Gasteiger partial charge on any atom is -0.381 e. The summed E-state index contributed by atoms with van der Waals surface area (Å²) in [6, 6.07) is 4.70. The van der Waals surface area contributed by atoms with Crippen LogP contribution in [0.2, 0.25) is 5.02 Å². The third-order valence-corrected chi connectivity index (χ3v) is 3.08. The van der Waals surface area contributed by atoms with Crippen LogP contribution in [-0.4, -0.2) is 11.0 Å². The fourth-order valence-corrected chi connectivity index (χ4v) is 1.85. The maximum Gasteiger partial charge on any atom is 0.271 e. The summed E-state index contributed by atoms with van der Waals surface area (Å²) in [5.74, 6) is 0.440. The molecule has 94 valence electrons. The Labute approximate surface area is 106 Å². The Morgan fingerprint density at radius 1 is 1.47 bits per heavy atom. The number of nitrogens with one attached hydrogen (secondary N) is 1. The van der Waals surface area contributed by atoms with Gasteiger partial charge in [-0.15, -0.1) is 0 Å². The molecule has 0 fully saturated rings. The first-order valence-electron chi connectivity index (χ1n) is 5.66. The van der Waals surface area contributed by atoms with Gasteiger partial charge in [-0.25, -0.2) is 0 Å². The molecule has 1 rings (SSSR count). The van der Waals surface area contributed by atoms with Crippen LogP contribution in [0.15, 0.2) is 18.2 Å². The fraction of sp³-hybridized carbons (Fsp3) is 0.500. The van der Waals surface area contributed by atoms with E-state index < -0.39 is 4.92 Å². The second kappa shape index (κ2) is 5.87. The summed E-state index contributed by atoms with van der Waals surface area (Å²) in [6.07, 6.45) is 0.941. The predicted molar refractivity (Wildman–Crippen MR) is 70.6 cm³/mol. The molecule has 0 radical (unpaired) electrons. The zero-order chi connectivity index (χ0) is 13.0. The lowest BCUT2D eigenvalue weighted by atomic mass is 10.0. The molecule has 4 nitrogen and oxygen atoms in total. The third kappa shape index (κ3) is 3.60. The zero-order valence-corrected chi connectivity index (χ0v) is 11.0. The molecule has 0 aliphatic heterocycles. The van der Waals surface area contributed by atoms with Crippen molar-refractivity contribution in [3.8, 4) is 0 Å². The van der Waals surface area contributed by atoms with Gasteiger partial charge in [-0.1, -0.05) is 32.4 Å². The lowest BCUT2D eigenvalue weighted by Gasteiger charge is -2.22. The molecular weight excluding hydrogens is 240 g/mol. The van der Waals surface area contributed by atoms with E-state index in [1.165, 1.54) is 12.1 Å². The number of nitro benzene ring substituents is 1. The molecule has 1 aromatic carbocycles. The molecule has 0 saturated carbocycles. The molecule has 1 atom stereocenters. The Morgan fingerprint density at radius 3 is 2.59 bits per heavy atom. The van der Waals surface area contributed by atoms with Gasteiger partial charge in [-0.3, -0.25) is 10.1 Å². The smallest absolute Gasteiger partial charge is 0.271 e. The number of rotatable bonds is 5. The van der Waals surface area contributed by atoms with Gasteiger partial charge in [0.1, 0.15) is 0 Å². The molecule has 17 heavy (non-hydrogen) atoms. The van der Waals surface area contributed by atoms with E-state index in [2.05, 4.69) is 26.1 Å². The molecule has 1 unspecified atom stereocenters. The van der Waals surface area contributed by atoms with E-state index in [-0.39, 0.29) is 11.7 Å². The Balaban J connectivity index is 2.96. The van der Waals surface area contributed by atoms with Gasteiger partial charge in [-0.2, -0.15) is 0 Å². The summed E-state index contributed by atoms with van der Waals surface area (Å²) in [5, 5.41) is 14.5. The highest BCUT2D eigenvalue weighted by Crippen LogP contribution is 2.28. The first-order valence-corrected chi connectivity index (χ1v) is 6.04. The highest BCUT2D eigenvalue weighted by molar-refractivity contribution is 6.33. The van der Waals surface area contributed by atoms with Gasteiger partial charge in [0.05, 0.1) is 15.6 Å². The van der Waals surface area contributed by atoms with E-state index >= 15 is 0 Å². The highest BCUT2D eigenvalue weighted by Gasteiger charge is 2.15. The van der Waals surface area contributed by atoms with Crippen LogP contribution < -0.4 is 5.32 Å².